The van der Waals surface area contributed by atoms with Gasteiger partial charge >= 0.3 is 6.18 Å². The Kier molecular flexibility index (Phi) is 5.99. The number of thiophene rings is 1. The molecule has 7 nitrogen and oxygen atoms in total. The number of aromatic nitrogens is 2. The number of carbonyl (C=O) groups excluding carboxylic acids is 2. The lowest BCUT2D eigenvalue weighted by molar-refractivity contribution is -0.141. The highest BCUT2D eigenvalue weighted by Crippen LogP contribution is 2.42. The number of nitrogens with one attached hydrogen (secondary N) is 3. The molecule has 0 bridgehead atoms. The Labute approximate surface area is 197 Å². The number of fused-ring (bicyclic) bond motifs is 1. The first-order valence-corrected chi connectivity index (χ1v) is 12.4. The maximum absolute atomic E-state index is 13.1. The van der Waals surface area contributed by atoms with Crippen molar-refractivity contribution in [1.82, 2.24) is 15.3 Å². The second kappa shape index (κ2) is 8.83. The Morgan fingerprint density at radius 1 is 1.15 bits per heavy atom. The highest BCUT2D eigenvalue weighted by molar-refractivity contribution is 7.17. The van der Waals surface area contributed by atoms with Gasteiger partial charge in [0.1, 0.15) is 10.8 Å². The van der Waals surface area contributed by atoms with E-state index in [1.54, 1.807) is 0 Å². The third-order valence-electron chi connectivity index (χ3n) is 6.59. The summed E-state index contributed by atoms with van der Waals surface area (Å²) in [6.45, 7) is 0.596. The lowest BCUT2D eigenvalue weighted by Gasteiger charge is -2.23. The number of hydrogen-bond donors (Lipinski definition) is 3. The topological polar surface area (TPSA) is 104 Å². The van der Waals surface area contributed by atoms with Crippen molar-refractivity contribution < 1.29 is 22.8 Å². The summed E-state index contributed by atoms with van der Waals surface area (Å²) >= 11 is 1.42. The first-order chi connectivity index (χ1) is 16.2. The Bertz CT molecular complexity index is 1180. The Hall–Kier alpha value is -2.69. The molecule has 1 unspecified atom stereocenters. The summed E-state index contributed by atoms with van der Waals surface area (Å²) in [5.41, 5.74) is -0.724. The first-order valence-electron chi connectivity index (χ1n) is 11.6. The van der Waals surface area contributed by atoms with Crippen LogP contribution in [0.25, 0.3) is 0 Å². The predicted molar refractivity (Wildman–Crippen MR) is 120 cm³/mol. The zero-order valence-electron chi connectivity index (χ0n) is 18.4. The highest BCUT2D eigenvalue weighted by atomic mass is 32.1. The Morgan fingerprint density at radius 3 is 2.59 bits per heavy atom. The van der Waals surface area contributed by atoms with Gasteiger partial charge in [-0.2, -0.15) is 13.2 Å². The standard InChI is InChI=1S/C23H25F3N4O3S/c24-23(25,26)16-9-18(31)29-17(28-16)8-12-3-6-15-14(7-12)19(21(33)27-10-11-1-2-11)22(34-15)30-20(32)13-4-5-13/h9,11-13H,1-8,10H2,(H,27,33)(H,30,32)(H,28,29,31). The molecule has 2 amide bonds. The van der Waals surface area contributed by atoms with E-state index in [-0.39, 0.29) is 35.9 Å². The molecule has 2 heterocycles. The normalized spacial score (nSPS) is 20.0. The van der Waals surface area contributed by atoms with Gasteiger partial charge in [-0.15, -0.1) is 11.3 Å². The molecule has 34 heavy (non-hydrogen) atoms. The summed E-state index contributed by atoms with van der Waals surface area (Å²) in [7, 11) is 0. The molecule has 2 saturated carbocycles. The highest BCUT2D eigenvalue weighted by Gasteiger charge is 2.36. The number of alkyl halides is 3. The van der Waals surface area contributed by atoms with Gasteiger partial charge in [-0.25, -0.2) is 4.98 Å². The monoisotopic (exact) mass is 494 g/mol. The molecule has 0 aromatic carbocycles. The number of aryl methyl sites for hydroxylation is 1. The molecule has 2 aromatic rings. The summed E-state index contributed by atoms with van der Waals surface area (Å²) in [5.74, 6) is 0.109. The Morgan fingerprint density at radius 2 is 1.91 bits per heavy atom. The number of rotatable bonds is 7. The fraction of sp³-hybridized carbons (Fsp3) is 0.565. The number of hydrogen-bond acceptors (Lipinski definition) is 5. The molecule has 3 aliphatic rings. The van der Waals surface area contributed by atoms with Crippen LogP contribution in [0.1, 0.15) is 64.4 Å². The van der Waals surface area contributed by atoms with Crippen LogP contribution in [0.5, 0.6) is 0 Å². The molecular formula is C23H25F3N4O3S. The van der Waals surface area contributed by atoms with Gasteiger partial charge in [0, 0.05) is 29.8 Å². The molecule has 3 N–H and O–H groups in total. The van der Waals surface area contributed by atoms with Crippen LogP contribution in [0, 0.1) is 17.8 Å². The number of anilines is 1. The molecule has 0 radical (unpaired) electrons. The number of H-pyrrole nitrogens is 1. The van der Waals surface area contributed by atoms with Crippen LogP contribution < -0.4 is 16.2 Å². The van der Waals surface area contributed by atoms with E-state index in [0.29, 0.717) is 48.4 Å². The average Bonchev–Trinajstić information content (AvgIpc) is 3.68. The number of aromatic amines is 1. The lowest BCUT2D eigenvalue weighted by Crippen LogP contribution is -2.29. The molecule has 1 atom stereocenters. The van der Waals surface area contributed by atoms with Gasteiger partial charge < -0.3 is 15.6 Å². The molecule has 2 fully saturated rings. The second-order valence-corrected chi connectivity index (χ2v) is 10.6. The van der Waals surface area contributed by atoms with E-state index in [4.69, 9.17) is 0 Å². The molecule has 11 heteroatoms. The van der Waals surface area contributed by atoms with Crippen molar-refractivity contribution in [3.05, 3.63) is 43.9 Å². The molecular weight excluding hydrogens is 469 g/mol. The van der Waals surface area contributed by atoms with Crippen LogP contribution in [0.3, 0.4) is 0 Å². The van der Waals surface area contributed by atoms with Gasteiger partial charge in [-0.05, 0) is 62.3 Å². The van der Waals surface area contributed by atoms with E-state index in [1.807, 2.05) is 0 Å². The van der Waals surface area contributed by atoms with Gasteiger partial charge in [0.05, 0.1) is 5.56 Å². The van der Waals surface area contributed by atoms with Crippen molar-refractivity contribution in [1.29, 1.82) is 0 Å². The predicted octanol–water partition coefficient (Wildman–Crippen LogP) is 3.69. The van der Waals surface area contributed by atoms with Crippen molar-refractivity contribution in [2.75, 3.05) is 11.9 Å². The van der Waals surface area contributed by atoms with E-state index in [1.165, 1.54) is 11.3 Å². The quantitative estimate of drug-likeness (QED) is 0.546. The number of carbonyl (C=O) groups is 2. The average molecular weight is 495 g/mol. The largest absolute Gasteiger partial charge is 0.433 e. The van der Waals surface area contributed by atoms with Gasteiger partial charge in [0.25, 0.3) is 11.5 Å². The lowest BCUT2D eigenvalue weighted by atomic mass is 9.84. The van der Waals surface area contributed by atoms with Crippen LogP contribution in [0.15, 0.2) is 10.9 Å². The SMILES string of the molecule is O=C(NCC1CC1)c1c(NC(=O)C2CC2)sc2c1CC(Cc1nc(C(F)(F)F)cc(=O)[nH]1)CC2. The Balaban J connectivity index is 1.38. The van der Waals surface area contributed by atoms with Gasteiger partial charge in [0.2, 0.25) is 5.91 Å². The second-order valence-electron chi connectivity index (χ2n) is 9.51. The molecule has 5 rings (SSSR count). The van der Waals surface area contributed by atoms with Crippen LogP contribution in [-0.4, -0.2) is 28.3 Å². The summed E-state index contributed by atoms with van der Waals surface area (Å²) in [6.07, 6.45) is 1.17. The van der Waals surface area contributed by atoms with Crippen LogP contribution in [0.2, 0.25) is 0 Å². The van der Waals surface area contributed by atoms with Gasteiger partial charge in [-0.3, -0.25) is 14.4 Å². The van der Waals surface area contributed by atoms with E-state index >= 15 is 0 Å². The zero-order chi connectivity index (χ0) is 24.0. The number of nitrogens with zero attached hydrogens (tertiary/aromatic N) is 1. The molecule has 0 aliphatic heterocycles. The molecule has 182 valence electrons. The minimum atomic E-state index is -4.70. The van der Waals surface area contributed by atoms with Crippen molar-refractivity contribution in [3.63, 3.8) is 0 Å². The third-order valence-corrected chi connectivity index (χ3v) is 7.79. The van der Waals surface area contributed by atoms with Gasteiger partial charge in [-0.1, -0.05) is 0 Å². The molecule has 0 spiro atoms. The number of halogens is 3. The molecule has 2 aromatic heterocycles. The van der Waals surface area contributed by atoms with E-state index in [2.05, 4.69) is 20.6 Å². The van der Waals surface area contributed by atoms with Crippen molar-refractivity contribution in [2.45, 2.75) is 57.5 Å². The van der Waals surface area contributed by atoms with Crippen LogP contribution >= 0.6 is 11.3 Å². The maximum Gasteiger partial charge on any atom is 0.433 e. The smallest absolute Gasteiger partial charge is 0.352 e. The minimum Gasteiger partial charge on any atom is -0.352 e. The fourth-order valence-corrected chi connectivity index (χ4v) is 5.63. The summed E-state index contributed by atoms with van der Waals surface area (Å²) in [4.78, 5) is 44.4. The van der Waals surface area contributed by atoms with Crippen LogP contribution in [-0.2, 0) is 30.2 Å². The van der Waals surface area contributed by atoms with Crippen molar-refractivity contribution in [2.24, 2.45) is 17.8 Å². The molecule has 3 aliphatic carbocycles. The minimum absolute atomic E-state index is 0.00180. The summed E-state index contributed by atoms with van der Waals surface area (Å²) in [5, 5.41) is 6.48. The third kappa shape index (κ3) is 5.18. The van der Waals surface area contributed by atoms with Crippen molar-refractivity contribution >= 4 is 28.2 Å². The van der Waals surface area contributed by atoms with Crippen LogP contribution in [0.4, 0.5) is 18.2 Å². The van der Waals surface area contributed by atoms with E-state index < -0.39 is 17.4 Å². The zero-order valence-corrected chi connectivity index (χ0v) is 19.2. The van der Waals surface area contributed by atoms with Gasteiger partial charge in [0.15, 0.2) is 5.69 Å². The first kappa shape index (κ1) is 23.1. The maximum atomic E-state index is 13.1. The summed E-state index contributed by atoms with van der Waals surface area (Å²) in [6, 6.07) is 0.457. The summed E-state index contributed by atoms with van der Waals surface area (Å²) < 4.78 is 39.2. The molecule has 0 saturated heterocycles. The van der Waals surface area contributed by atoms with Crippen molar-refractivity contribution in [3.8, 4) is 0 Å². The number of amides is 2. The van der Waals surface area contributed by atoms with E-state index in [0.717, 1.165) is 36.1 Å². The van der Waals surface area contributed by atoms with E-state index in [9.17, 15) is 27.6 Å². The fourth-order valence-electron chi connectivity index (χ4n) is 4.39.